The zero-order chi connectivity index (χ0) is 21.3. The lowest BCUT2D eigenvalue weighted by Gasteiger charge is -2.37. The van der Waals surface area contributed by atoms with E-state index in [9.17, 15) is 17.6 Å². The van der Waals surface area contributed by atoms with Crippen LogP contribution in [0.5, 0.6) is 11.6 Å². The molecular formula is C22H20F4N3O+. The molecule has 156 valence electrons. The van der Waals surface area contributed by atoms with Crippen LogP contribution in [0.4, 0.5) is 17.6 Å². The van der Waals surface area contributed by atoms with E-state index in [-0.39, 0.29) is 29.9 Å². The second-order valence-corrected chi connectivity index (χ2v) is 7.69. The molecule has 4 rings (SSSR count). The summed E-state index contributed by atoms with van der Waals surface area (Å²) in [5.41, 5.74) is 1.31. The average molecular weight is 418 g/mol. The van der Waals surface area contributed by atoms with E-state index in [1.807, 2.05) is 6.92 Å². The van der Waals surface area contributed by atoms with E-state index in [2.05, 4.69) is 14.6 Å². The molecule has 0 saturated heterocycles. The van der Waals surface area contributed by atoms with Gasteiger partial charge in [-0.15, -0.1) is 4.67 Å². The number of hydrogen-bond acceptors (Lipinski definition) is 3. The summed E-state index contributed by atoms with van der Waals surface area (Å²) in [6, 6.07) is 4.02. The van der Waals surface area contributed by atoms with Gasteiger partial charge in [0.05, 0.1) is 23.9 Å². The maximum atomic E-state index is 14.5. The highest BCUT2D eigenvalue weighted by atomic mass is 19.3. The monoisotopic (exact) mass is 418 g/mol. The standard InChI is InChI=1S/C22H20F4N3O/c1-13(14-4-6-22(25,26)18(8-14)15-5-7-27-10-15)20-3-2-17(12-28-20)30-21-19(24)9-16(23)11-29-21/h2-3,5,7,9-14,18H,4,6,8H2,1H3/q+1. The number of pyridine rings is 2. The van der Waals surface area contributed by atoms with Crippen molar-refractivity contribution in [2.45, 2.75) is 38.0 Å². The van der Waals surface area contributed by atoms with Crippen molar-refractivity contribution < 1.29 is 22.3 Å². The minimum absolute atomic E-state index is 0.0405. The third kappa shape index (κ3) is 4.14. The molecule has 2 aromatic heterocycles. The van der Waals surface area contributed by atoms with Crippen LogP contribution >= 0.6 is 0 Å². The van der Waals surface area contributed by atoms with Gasteiger partial charge in [0, 0.05) is 30.2 Å². The van der Waals surface area contributed by atoms with Crippen molar-refractivity contribution in [1.29, 1.82) is 0 Å². The van der Waals surface area contributed by atoms with Gasteiger partial charge in [-0.05, 0) is 30.9 Å². The van der Waals surface area contributed by atoms with Crippen molar-refractivity contribution in [2.24, 2.45) is 11.8 Å². The largest absolute Gasteiger partial charge is 0.435 e. The van der Waals surface area contributed by atoms with E-state index in [0.717, 1.165) is 11.9 Å². The molecule has 0 amide bonds. The number of nitrogens with zero attached hydrogens (tertiary/aromatic N) is 3. The van der Waals surface area contributed by atoms with Crippen LogP contribution in [0.15, 0.2) is 42.2 Å². The summed E-state index contributed by atoms with van der Waals surface area (Å²) < 4.78 is 64.8. The maximum absolute atomic E-state index is 14.5. The topological polar surface area (TPSA) is 49.1 Å². The van der Waals surface area contributed by atoms with Gasteiger partial charge < -0.3 is 4.74 Å². The van der Waals surface area contributed by atoms with Gasteiger partial charge in [0.2, 0.25) is 0 Å². The molecule has 3 unspecified atom stereocenters. The first-order chi connectivity index (χ1) is 14.3. The number of aromatic nitrogens is 2. The van der Waals surface area contributed by atoms with Gasteiger partial charge in [-0.3, -0.25) is 4.98 Å². The smallest absolute Gasteiger partial charge is 0.296 e. The van der Waals surface area contributed by atoms with E-state index in [1.54, 1.807) is 18.2 Å². The predicted molar refractivity (Wildman–Crippen MR) is 105 cm³/mol. The second kappa shape index (κ2) is 8.03. The Morgan fingerprint density at radius 3 is 2.70 bits per heavy atom. The van der Waals surface area contributed by atoms with Gasteiger partial charge in [0.25, 0.3) is 24.2 Å². The van der Waals surface area contributed by atoms with Crippen molar-refractivity contribution in [3.63, 3.8) is 0 Å². The molecule has 0 radical (unpaired) electrons. The molecule has 1 fully saturated rings. The van der Waals surface area contributed by atoms with Crippen LogP contribution in [0.25, 0.3) is 0 Å². The van der Waals surface area contributed by atoms with Crippen LogP contribution < -0.4 is 9.40 Å². The Bertz CT molecular complexity index is 1030. The fraction of sp³-hybridized carbons (Fsp3) is 0.364. The Hall–Kier alpha value is -2.99. The fourth-order valence-electron chi connectivity index (χ4n) is 4.04. The number of rotatable bonds is 5. The first kappa shape index (κ1) is 20.3. The zero-order valence-electron chi connectivity index (χ0n) is 16.2. The molecule has 30 heavy (non-hydrogen) atoms. The number of alkyl halides is 2. The quantitative estimate of drug-likeness (QED) is 0.515. The number of ether oxygens (including phenoxy) is 1. The van der Waals surface area contributed by atoms with Crippen LogP contribution in [-0.4, -0.2) is 28.3 Å². The minimum atomic E-state index is -2.75. The molecule has 2 aromatic rings. The van der Waals surface area contributed by atoms with Gasteiger partial charge in [-0.2, -0.15) is 0 Å². The zero-order valence-corrected chi connectivity index (χ0v) is 16.2. The molecule has 3 atom stereocenters. The van der Waals surface area contributed by atoms with Crippen LogP contribution in [0.2, 0.25) is 0 Å². The molecule has 4 nitrogen and oxygen atoms in total. The van der Waals surface area contributed by atoms with Gasteiger partial charge in [-0.25, -0.2) is 22.5 Å². The summed E-state index contributed by atoms with van der Waals surface area (Å²) in [4.78, 5) is 7.95. The van der Waals surface area contributed by atoms with Crippen molar-refractivity contribution in [2.75, 3.05) is 0 Å². The molecule has 0 spiro atoms. The Morgan fingerprint density at radius 2 is 2.03 bits per heavy atom. The molecule has 3 heterocycles. The Labute approximate surface area is 171 Å². The molecule has 0 bridgehead atoms. The fourth-order valence-corrected chi connectivity index (χ4v) is 4.04. The number of hydrogen-bond donors (Lipinski definition) is 0. The lowest BCUT2D eigenvalue weighted by atomic mass is 9.70. The summed E-state index contributed by atoms with van der Waals surface area (Å²) in [5.74, 6) is -5.40. The summed E-state index contributed by atoms with van der Waals surface area (Å²) >= 11 is 0. The second-order valence-electron chi connectivity index (χ2n) is 7.69. The van der Waals surface area contributed by atoms with Gasteiger partial charge in [-0.1, -0.05) is 6.92 Å². The van der Waals surface area contributed by atoms with E-state index >= 15 is 0 Å². The minimum Gasteiger partial charge on any atom is -0.435 e. The van der Waals surface area contributed by atoms with Crippen LogP contribution in [-0.2, 0) is 0 Å². The van der Waals surface area contributed by atoms with Crippen LogP contribution in [0.1, 0.15) is 37.8 Å². The average Bonchev–Trinajstić information content (AvgIpc) is 3.24. The summed E-state index contributed by atoms with van der Waals surface area (Å²) in [6.45, 7) is 1.97. The number of allylic oxidation sites excluding steroid dienone is 2. The maximum Gasteiger partial charge on any atom is 0.296 e. The van der Waals surface area contributed by atoms with E-state index < -0.39 is 23.5 Å². The molecule has 2 aliphatic rings. The highest BCUT2D eigenvalue weighted by Gasteiger charge is 2.48. The van der Waals surface area contributed by atoms with Crippen molar-refractivity contribution >= 4 is 12.4 Å². The van der Waals surface area contributed by atoms with Crippen LogP contribution in [0, 0.1) is 23.5 Å². The molecular weight excluding hydrogens is 398 g/mol. The molecule has 1 aliphatic carbocycles. The van der Waals surface area contributed by atoms with E-state index in [0.29, 0.717) is 24.5 Å². The highest BCUT2D eigenvalue weighted by molar-refractivity contribution is 5.93. The number of halogens is 4. The summed E-state index contributed by atoms with van der Waals surface area (Å²) in [5, 5.41) is 0. The van der Waals surface area contributed by atoms with Gasteiger partial charge in [0.1, 0.15) is 11.6 Å². The van der Waals surface area contributed by atoms with Crippen molar-refractivity contribution in [3.05, 3.63) is 59.6 Å². The normalized spacial score (nSPS) is 23.3. The SMILES string of the molecule is CC(c1ccc(Oc2ncc(F)cc2F)cn1)C1CCC(F)(F)C(C2=CC=[N+]=C2)C1. The highest BCUT2D eigenvalue weighted by Crippen LogP contribution is 2.48. The molecule has 0 aromatic carbocycles. The molecule has 1 saturated carbocycles. The van der Waals surface area contributed by atoms with Crippen LogP contribution in [0.3, 0.4) is 0 Å². The lowest BCUT2D eigenvalue weighted by molar-refractivity contribution is -0.0839. The molecule has 1 aliphatic heterocycles. The molecule has 0 N–H and O–H groups in total. The summed E-state index contributed by atoms with van der Waals surface area (Å²) in [6.07, 6.45) is 7.57. The Kier molecular flexibility index (Phi) is 5.43. The van der Waals surface area contributed by atoms with E-state index in [4.69, 9.17) is 4.74 Å². The third-order valence-electron chi connectivity index (χ3n) is 5.80. The van der Waals surface area contributed by atoms with Crippen molar-refractivity contribution in [3.8, 4) is 11.6 Å². The third-order valence-corrected chi connectivity index (χ3v) is 5.80. The Balaban J connectivity index is 1.45. The van der Waals surface area contributed by atoms with Crippen molar-refractivity contribution in [1.82, 2.24) is 14.6 Å². The predicted octanol–water partition coefficient (Wildman–Crippen LogP) is 4.85. The lowest BCUT2D eigenvalue weighted by Crippen LogP contribution is -2.38. The van der Waals surface area contributed by atoms with Gasteiger partial charge in [0.15, 0.2) is 5.82 Å². The molecule has 8 heteroatoms. The summed E-state index contributed by atoms with van der Waals surface area (Å²) in [7, 11) is 0. The van der Waals surface area contributed by atoms with Gasteiger partial charge >= 0.3 is 0 Å². The van der Waals surface area contributed by atoms with E-state index in [1.165, 1.54) is 18.6 Å². The first-order valence-corrected chi connectivity index (χ1v) is 9.73. The first-order valence-electron chi connectivity index (χ1n) is 9.73. The Morgan fingerprint density at radius 1 is 1.20 bits per heavy atom.